The summed E-state index contributed by atoms with van der Waals surface area (Å²) >= 11 is 4.61. The third-order valence-corrected chi connectivity index (χ3v) is 5.16. The molecule has 2 aromatic rings. The number of nitrogens with zero attached hydrogens (tertiary/aromatic N) is 4. The van der Waals surface area contributed by atoms with Crippen LogP contribution in [0.15, 0.2) is 18.6 Å². The number of fused-ring (bicyclic) bond motifs is 1. The summed E-state index contributed by atoms with van der Waals surface area (Å²) in [5, 5.41) is 16.1. The van der Waals surface area contributed by atoms with E-state index in [1.165, 1.54) is 6.20 Å². The normalized spacial score (nSPS) is 28.1. The van der Waals surface area contributed by atoms with E-state index < -0.39 is 11.2 Å². The van der Waals surface area contributed by atoms with Crippen molar-refractivity contribution in [1.29, 1.82) is 0 Å². The molecule has 0 bridgehead atoms. The largest absolute Gasteiger partial charge is 0.371 e. The first kappa shape index (κ1) is 18.5. The van der Waals surface area contributed by atoms with Gasteiger partial charge in [0.15, 0.2) is 17.0 Å². The molecular formula is C14H19ClN8O3S. The number of anilines is 3. The quantitative estimate of drug-likeness (QED) is 0.504. The third-order valence-electron chi connectivity index (χ3n) is 4.35. The van der Waals surface area contributed by atoms with Crippen molar-refractivity contribution in [3.63, 3.8) is 0 Å². The molecule has 27 heavy (non-hydrogen) atoms. The van der Waals surface area contributed by atoms with E-state index in [1.54, 1.807) is 17.1 Å². The van der Waals surface area contributed by atoms with Crippen LogP contribution in [-0.2, 0) is 27.7 Å². The van der Waals surface area contributed by atoms with E-state index in [0.717, 1.165) is 5.69 Å². The molecule has 2 aliphatic heterocycles. The number of nitrogens with one attached hydrogen (secondary N) is 3. The zero-order chi connectivity index (χ0) is 19.0. The molecule has 0 aromatic carbocycles. The number of nitrogens with two attached hydrogens (primary N) is 1. The Kier molecular flexibility index (Phi) is 5.25. The van der Waals surface area contributed by atoms with Crippen molar-refractivity contribution < 1.29 is 13.7 Å². The summed E-state index contributed by atoms with van der Waals surface area (Å²) in [6.45, 7) is 0.762. The molecule has 2 aliphatic rings. The second-order valence-corrected chi connectivity index (χ2v) is 7.52. The minimum Gasteiger partial charge on any atom is -0.371 e. The van der Waals surface area contributed by atoms with Gasteiger partial charge < -0.3 is 20.1 Å². The third kappa shape index (κ3) is 4.05. The van der Waals surface area contributed by atoms with E-state index in [9.17, 15) is 4.21 Å². The Morgan fingerprint density at radius 2 is 2.04 bits per heavy atom. The number of ether oxygens (including phenoxy) is 2. The monoisotopic (exact) mass is 414 g/mol. The molecule has 0 radical (unpaired) electrons. The molecule has 0 spiro atoms. The van der Waals surface area contributed by atoms with Crippen LogP contribution in [0.25, 0.3) is 0 Å². The number of rotatable bonds is 6. The van der Waals surface area contributed by atoms with Crippen molar-refractivity contribution in [1.82, 2.24) is 24.5 Å². The topological polar surface area (TPSA) is 141 Å². The Bertz CT molecular complexity index is 852. The van der Waals surface area contributed by atoms with Gasteiger partial charge in [0.1, 0.15) is 17.2 Å². The SMILES string of the molecule is Cn1cc(Nc2ncc(Cl)c(NC3COC4C(NS(N)=O)COC34)n2)cn1. The molecule has 146 valence electrons. The fourth-order valence-corrected chi connectivity index (χ4v) is 3.84. The highest BCUT2D eigenvalue weighted by Gasteiger charge is 2.48. The van der Waals surface area contributed by atoms with Gasteiger partial charge in [0.25, 0.3) is 0 Å². The first-order valence-corrected chi connectivity index (χ1v) is 9.79. The predicted molar refractivity (Wildman–Crippen MR) is 99.7 cm³/mol. The lowest BCUT2D eigenvalue weighted by Crippen LogP contribution is -2.44. The molecule has 2 fully saturated rings. The van der Waals surface area contributed by atoms with Gasteiger partial charge in [-0.25, -0.2) is 19.1 Å². The number of halogens is 1. The van der Waals surface area contributed by atoms with Gasteiger partial charge in [-0.2, -0.15) is 10.1 Å². The molecule has 5 unspecified atom stereocenters. The first-order chi connectivity index (χ1) is 13.0. The van der Waals surface area contributed by atoms with Crippen molar-refractivity contribution in [2.24, 2.45) is 12.2 Å². The molecule has 4 rings (SSSR count). The molecule has 2 saturated heterocycles. The number of aromatic nitrogens is 4. The molecule has 11 nitrogen and oxygen atoms in total. The maximum absolute atomic E-state index is 11.2. The molecule has 5 N–H and O–H groups in total. The number of hydrogen-bond donors (Lipinski definition) is 4. The van der Waals surface area contributed by atoms with Gasteiger partial charge in [0.05, 0.1) is 43.4 Å². The Morgan fingerprint density at radius 1 is 1.30 bits per heavy atom. The summed E-state index contributed by atoms with van der Waals surface area (Å²) in [6, 6.07) is -0.386. The van der Waals surface area contributed by atoms with Crippen molar-refractivity contribution >= 4 is 40.2 Å². The molecule has 4 heterocycles. The Labute approximate surface area is 162 Å². The van der Waals surface area contributed by atoms with Crippen LogP contribution in [0.2, 0.25) is 5.02 Å². The fourth-order valence-electron chi connectivity index (χ4n) is 3.19. The highest BCUT2D eigenvalue weighted by atomic mass is 35.5. The van der Waals surface area contributed by atoms with Crippen LogP contribution in [-0.4, -0.2) is 61.5 Å². The minimum absolute atomic E-state index is 0.161. The van der Waals surface area contributed by atoms with E-state index in [1.807, 2.05) is 7.05 Å². The Balaban J connectivity index is 1.45. The van der Waals surface area contributed by atoms with Gasteiger partial charge >= 0.3 is 0 Å². The van der Waals surface area contributed by atoms with Crippen molar-refractivity contribution in [3.8, 4) is 0 Å². The zero-order valence-corrected chi connectivity index (χ0v) is 15.9. The van der Waals surface area contributed by atoms with Crippen LogP contribution in [0.4, 0.5) is 17.5 Å². The second-order valence-electron chi connectivity index (χ2n) is 6.29. The summed E-state index contributed by atoms with van der Waals surface area (Å²) in [7, 11) is 1.82. The summed E-state index contributed by atoms with van der Waals surface area (Å²) in [5.41, 5.74) is 0.762. The van der Waals surface area contributed by atoms with Crippen LogP contribution in [0.5, 0.6) is 0 Å². The van der Waals surface area contributed by atoms with E-state index in [2.05, 4.69) is 30.4 Å². The van der Waals surface area contributed by atoms with Gasteiger partial charge in [-0.05, 0) is 0 Å². The minimum atomic E-state index is -1.63. The van der Waals surface area contributed by atoms with E-state index >= 15 is 0 Å². The predicted octanol–water partition coefficient (Wildman–Crippen LogP) is -0.319. The molecule has 0 aliphatic carbocycles. The molecule has 5 atom stereocenters. The standard InChI is InChI=1S/C14H19ClN8O3S/c1-23-4-7(2-18-23)19-14-17-3-8(15)13(21-14)20-9-5-25-12-10(22-27(16)24)6-26-11(9)12/h2-4,9-12,22H,5-6,16H2,1H3,(H2,17,19,20,21). The molecule has 0 saturated carbocycles. The van der Waals surface area contributed by atoms with Gasteiger partial charge in [-0.15, -0.1) is 0 Å². The van der Waals surface area contributed by atoms with Crippen molar-refractivity contribution in [2.75, 3.05) is 23.8 Å². The lowest BCUT2D eigenvalue weighted by molar-refractivity contribution is 0.0691. The maximum Gasteiger partial charge on any atom is 0.229 e. The number of hydrogen-bond acceptors (Lipinski definition) is 8. The van der Waals surface area contributed by atoms with Crippen molar-refractivity contribution in [3.05, 3.63) is 23.6 Å². The van der Waals surface area contributed by atoms with Gasteiger partial charge in [-0.1, -0.05) is 11.6 Å². The van der Waals surface area contributed by atoms with E-state index in [0.29, 0.717) is 30.0 Å². The van der Waals surface area contributed by atoms with Crippen LogP contribution < -0.4 is 20.5 Å². The van der Waals surface area contributed by atoms with Gasteiger partial charge in [0, 0.05) is 13.2 Å². The van der Waals surface area contributed by atoms with Crippen LogP contribution in [0, 0.1) is 0 Å². The summed E-state index contributed by atoms with van der Waals surface area (Å²) in [6.07, 6.45) is 4.51. The van der Waals surface area contributed by atoms with Crippen LogP contribution >= 0.6 is 11.6 Å². The van der Waals surface area contributed by atoms with Crippen molar-refractivity contribution in [2.45, 2.75) is 24.3 Å². The van der Waals surface area contributed by atoms with Crippen LogP contribution in [0.3, 0.4) is 0 Å². The molecule has 13 heteroatoms. The highest BCUT2D eigenvalue weighted by Crippen LogP contribution is 2.30. The summed E-state index contributed by atoms with van der Waals surface area (Å²) < 4.78 is 27.2. The summed E-state index contributed by atoms with van der Waals surface area (Å²) in [4.78, 5) is 8.60. The number of aryl methyl sites for hydroxylation is 1. The average Bonchev–Trinajstić information content (AvgIpc) is 3.30. The van der Waals surface area contributed by atoms with Gasteiger partial charge in [-0.3, -0.25) is 4.68 Å². The van der Waals surface area contributed by atoms with Crippen LogP contribution in [0.1, 0.15) is 0 Å². The Hall–Kier alpha value is -1.83. The van der Waals surface area contributed by atoms with Gasteiger partial charge in [0.2, 0.25) is 5.95 Å². The fraction of sp³-hybridized carbons (Fsp3) is 0.500. The van der Waals surface area contributed by atoms with E-state index in [-0.39, 0.29) is 24.3 Å². The maximum atomic E-state index is 11.2. The zero-order valence-electron chi connectivity index (χ0n) is 14.3. The smallest absolute Gasteiger partial charge is 0.229 e. The Morgan fingerprint density at radius 3 is 2.74 bits per heavy atom. The summed E-state index contributed by atoms with van der Waals surface area (Å²) in [5.74, 6) is 0.852. The molecule has 0 amide bonds. The molecular weight excluding hydrogens is 396 g/mol. The lowest BCUT2D eigenvalue weighted by Gasteiger charge is -2.19. The average molecular weight is 415 g/mol. The molecule has 2 aromatic heterocycles. The van der Waals surface area contributed by atoms with E-state index in [4.69, 9.17) is 26.2 Å². The highest BCUT2D eigenvalue weighted by molar-refractivity contribution is 7.80. The first-order valence-electron chi connectivity index (χ1n) is 8.20. The second kappa shape index (κ2) is 7.66. The lowest BCUT2D eigenvalue weighted by atomic mass is 10.1.